The Hall–Kier alpha value is -1.59. The summed E-state index contributed by atoms with van der Waals surface area (Å²) in [7, 11) is 0. The molecule has 6 heteroatoms. The van der Waals surface area contributed by atoms with Crippen molar-refractivity contribution in [2.75, 3.05) is 18.4 Å². The second kappa shape index (κ2) is 7.26. The van der Waals surface area contributed by atoms with Crippen molar-refractivity contribution in [3.63, 3.8) is 0 Å². The minimum absolute atomic E-state index is 0.0237. The number of hydrogen-bond acceptors (Lipinski definition) is 3. The Kier molecular flexibility index (Phi) is 5.98. The molecule has 0 unspecified atom stereocenters. The van der Waals surface area contributed by atoms with E-state index in [4.69, 9.17) is 16.7 Å². The van der Waals surface area contributed by atoms with Gasteiger partial charge < -0.3 is 10.4 Å². The number of benzene rings is 1. The quantitative estimate of drug-likeness (QED) is 0.846. The maximum absolute atomic E-state index is 12.0. The van der Waals surface area contributed by atoms with E-state index < -0.39 is 5.97 Å². The van der Waals surface area contributed by atoms with Gasteiger partial charge in [-0.3, -0.25) is 14.5 Å². The summed E-state index contributed by atoms with van der Waals surface area (Å²) in [4.78, 5) is 24.3. The van der Waals surface area contributed by atoms with Crippen LogP contribution in [0.25, 0.3) is 0 Å². The minimum Gasteiger partial charge on any atom is -0.480 e. The number of halogens is 1. The number of hydrogen-bond donors (Lipinski definition) is 2. The van der Waals surface area contributed by atoms with E-state index in [1.165, 1.54) is 0 Å². The summed E-state index contributed by atoms with van der Waals surface area (Å²) in [6.45, 7) is 5.37. The summed E-state index contributed by atoms with van der Waals surface area (Å²) in [5, 5.41) is 12.2. The van der Waals surface area contributed by atoms with Crippen LogP contribution in [0.3, 0.4) is 0 Å². The van der Waals surface area contributed by atoms with Gasteiger partial charge in [0, 0.05) is 16.8 Å². The fourth-order valence-electron chi connectivity index (χ4n) is 1.71. The molecule has 0 aliphatic carbocycles. The molecular formula is C14H19ClN2O3. The number of carbonyl (C=O) groups is 2. The maximum atomic E-state index is 12.0. The predicted molar refractivity (Wildman–Crippen MR) is 79.2 cm³/mol. The molecule has 0 atom stereocenters. The van der Waals surface area contributed by atoms with Gasteiger partial charge in [0.1, 0.15) is 0 Å². The molecule has 0 saturated carbocycles. The molecule has 0 spiro atoms. The smallest absolute Gasteiger partial charge is 0.317 e. The highest BCUT2D eigenvalue weighted by Gasteiger charge is 2.17. The Morgan fingerprint density at radius 2 is 2.00 bits per heavy atom. The average molecular weight is 299 g/mol. The highest BCUT2D eigenvalue weighted by Crippen LogP contribution is 2.22. The number of aliphatic carboxylic acids is 1. The van der Waals surface area contributed by atoms with Crippen molar-refractivity contribution in [3.05, 3.63) is 28.8 Å². The number of anilines is 1. The first kappa shape index (κ1) is 16.5. The first-order valence-electron chi connectivity index (χ1n) is 6.32. The molecule has 2 N–H and O–H groups in total. The minimum atomic E-state index is -0.953. The lowest BCUT2D eigenvalue weighted by Crippen LogP contribution is -2.41. The molecule has 0 aliphatic heterocycles. The summed E-state index contributed by atoms with van der Waals surface area (Å²) < 4.78 is 0. The van der Waals surface area contributed by atoms with Gasteiger partial charge in [0.05, 0.1) is 13.1 Å². The van der Waals surface area contributed by atoms with Crippen LogP contribution in [0.2, 0.25) is 5.02 Å². The van der Waals surface area contributed by atoms with Crippen LogP contribution in [-0.4, -0.2) is 41.0 Å². The number of carboxylic acid groups (broad SMARTS) is 1. The molecule has 1 amide bonds. The Morgan fingerprint density at radius 1 is 1.35 bits per heavy atom. The van der Waals surface area contributed by atoms with Crippen LogP contribution in [0.5, 0.6) is 0 Å². The van der Waals surface area contributed by atoms with Crippen molar-refractivity contribution >= 4 is 29.2 Å². The zero-order valence-corrected chi connectivity index (χ0v) is 12.6. The number of carbonyl (C=O) groups excluding carboxylic acids is 1. The number of rotatable bonds is 6. The van der Waals surface area contributed by atoms with E-state index in [0.29, 0.717) is 10.7 Å². The van der Waals surface area contributed by atoms with Gasteiger partial charge in [0.15, 0.2) is 0 Å². The van der Waals surface area contributed by atoms with E-state index in [1.807, 2.05) is 20.8 Å². The molecule has 1 aromatic carbocycles. The van der Waals surface area contributed by atoms with Gasteiger partial charge in [-0.1, -0.05) is 17.7 Å². The van der Waals surface area contributed by atoms with Crippen molar-refractivity contribution in [3.8, 4) is 0 Å². The van der Waals surface area contributed by atoms with Crippen LogP contribution in [-0.2, 0) is 9.59 Å². The number of carboxylic acids is 1. The molecule has 0 aliphatic rings. The Balaban J connectivity index is 2.70. The Bertz CT molecular complexity index is 503. The standard InChI is InChI=1S/C14H19ClN2O3/c1-9(2)17(8-14(19)20)7-13(18)16-12-6-4-5-11(15)10(12)3/h4-6,9H,7-8H2,1-3H3,(H,16,18)(H,19,20). The number of nitrogens with one attached hydrogen (secondary N) is 1. The predicted octanol–water partition coefficient (Wildman–Crippen LogP) is 2.38. The van der Waals surface area contributed by atoms with E-state index in [-0.39, 0.29) is 25.0 Å². The maximum Gasteiger partial charge on any atom is 0.317 e. The van der Waals surface area contributed by atoms with E-state index in [2.05, 4.69) is 5.32 Å². The summed E-state index contributed by atoms with van der Waals surface area (Å²) in [5.41, 5.74) is 1.43. The molecular weight excluding hydrogens is 280 g/mol. The van der Waals surface area contributed by atoms with Crippen LogP contribution in [0.4, 0.5) is 5.69 Å². The third-order valence-electron chi connectivity index (χ3n) is 2.96. The van der Waals surface area contributed by atoms with Crippen molar-refractivity contribution < 1.29 is 14.7 Å². The summed E-state index contributed by atoms with van der Waals surface area (Å²) >= 11 is 5.98. The van der Waals surface area contributed by atoms with Gasteiger partial charge in [0.25, 0.3) is 0 Å². The third-order valence-corrected chi connectivity index (χ3v) is 3.37. The molecule has 0 fully saturated rings. The van der Waals surface area contributed by atoms with Gasteiger partial charge in [-0.25, -0.2) is 0 Å². The molecule has 1 aromatic rings. The molecule has 1 rings (SSSR count). The first-order chi connectivity index (χ1) is 9.31. The second-order valence-electron chi connectivity index (χ2n) is 4.85. The molecule has 0 heterocycles. The fourth-order valence-corrected chi connectivity index (χ4v) is 1.89. The average Bonchev–Trinajstić information content (AvgIpc) is 2.33. The van der Waals surface area contributed by atoms with Crippen molar-refractivity contribution in [1.82, 2.24) is 4.90 Å². The lowest BCUT2D eigenvalue weighted by Gasteiger charge is -2.23. The summed E-state index contributed by atoms with van der Waals surface area (Å²) in [6.07, 6.45) is 0. The lowest BCUT2D eigenvalue weighted by atomic mass is 10.2. The van der Waals surface area contributed by atoms with Crippen LogP contribution >= 0.6 is 11.6 Å². The first-order valence-corrected chi connectivity index (χ1v) is 6.70. The topological polar surface area (TPSA) is 69.6 Å². The SMILES string of the molecule is Cc1c(Cl)cccc1NC(=O)CN(CC(=O)O)C(C)C. The highest BCUT2D eigenvalue weighted by molar-refractivity contribution is 6.31. The van der Waals surface area contributed by atoms with Crippen LogP contribution in [0.1, 0.15) is 19.4 Å². The zero-order chi connectivity index (χ0) is 15.3. The Morgan fingerprint density at radius 3 is 2.55 bits per heavy atom. The molecule has 20 heavy (non-hydrogen) atoms. The molecule has 110 valence electrons. The van der Waals surface area contributed by atoms with Crippen molar-refractivity contribution in [2.45, 2.75) is 26.8 Å². The normalized spacial score (nSPS) is 10.9. The summed E-state index contributed by atoms with van der Waals surface area (Å²) in [6, 6.07) is 5.23. The van der Waals surface area contributed by atoms with E-state index >= 15 is 0 Å². The monoisotopic (exact) mass is 298 g/mol. The molecule has 0 saturated heterocycles. The van der Waals surface area contributed by atoms with Gasteiger partial charge in [0.2, 0.25) is 5.91 Å². The molecule has 0 bridgehead atoms. The van der Waals surface area contributed by atoms with E-state index in [0.717, 1.165) is 5.56 Å². The fraction of sp³-hybridized carbons (Fsp3) is 0.429. The van der Waals surface area contributed by atoms with E-state index in [9.17, 15) is 9.59 Å². The van der Waals surface area contributed by atoms with Crippen LogP contribution < -0.4 is 5.32 Å². The summed E-state index contributed by atoms with van der Waals surface area (Å²) in [5.74, 6) is -1.21. The molecule has 5 nitrogen and oxygen atoms in total. The largest absolute Gasteiger partial charge is 0.480 e. The Labute approximate surface area is 123 Å². The van der Waals surface area contributed by atoms with Gasteiger partial charge >= 0.3 is 5.97 Å². The van der Waals surface area contributed by atoms with Crippen molar-refractivity contribution in [2.24, 2.45) is 0 Å². The molecule has 0 radical (unpaired) electrons. The number of amides is 1. The lowest BCUT2D eigenvalue weighted by molar-refractivity contribution is -0.139. The third kappa shape index (κ3) is 4.83. The van der Waals surface area contributed by atoms with E-state index in [1.54, 1.807) is 23.1 Å². The van der Waals surface area contributed by atoms with Crippen LogP contribution in [0, 0.1) is 6.92 Å². The zero-order valence-electron chi connectivity index (χ0n) is 11.8. The van der Waals surface area contributed by atoms with Gasteiger partial charge in [-0.2, -0.15) is 0 Å². The number of nitrogens with zero attached hydrogens (tertiary/aromatic N) is 1. The van der Waals surface area contributed by atoms with Gasteiger partial charge in [-0.05, 0) is 38.5 Å². The van der Waals surface area contributed by atoms with Gasteiger partial charge in [-0.15, -0.1) is 0 Å². The van der Waals surface area contributed by atoms with Crippen LogP contribution in [0.15, 0.2) is 18.2 Å². The van der Waals surface area contributed by atoms with Crippen molar-refractivity contribution in [1.29, 1.82) is 0 Å². The second-order valence-corrected chi connectivity index (χ2v) is 5.26. The highest BCUT2D eigenvalue weighted by atomic mass is 35.5. The molecule has 0 aromatic heterocycles.